The molecule has 3 nitrogen and oxygen atoms in total. The lowest BCUT2D eigenvalue weighted by molar-refractivity contribution is 0.130. The van der Waals surface area contributed by atoms with Gasteiger partial charge in [0.25, 0.3) is 0 Å². The van der Waals surface area contributed by atoms with Gasteiger partial charge < -0.3 is 15.0 Å². The first-order chi connectivity index (χ1) is 9.02. The van der Waals surface area contributed by atoms with Gasteiger partial charge in [0.2, 0.25) is 0 Å². The van der Waals surface area contributed by atoms with Crippen LogP contribution in [0.25, 0.3) is 0 Å². The van der Waals surface area contributed by atoms with Gasteiger partial charge in [0.05, 0.1) is 12.1 Å². The van der Waals surface area contributed by atoms with Crippen LogP contribution in [0.1, 0.15) is 52.9 Å². The van der Waals surface area contributed by atoms with Crippen molar-refractivity contribution in [3.05, 3.63) is 12.3 Å². The predicted molar refractivity (Wildman–Crippen MR) is 82.3 cm³/mol. The molecule has 1 aliphatic heterocycles. The van der Waals surface area contributed by atoms with Crippen molar-refractivity contribution in [2.75, 3.05) is 20.1 Å². The second-order valence-corrected chi connectivity index (χ2v) is 6.10. The van der Waals surface area contributed by atoms with E-state index >= 15 is 0 Å². The summed E-state index contributed by atoms with van der Waals surface area (Å²) in [6.45, 7) is 12.8. The Kier molecular flexibility index (Phi) is 7.47. The summed E-state index contributed by atoms with van der Waals surface area (Å²) in [5.41, 5.74) is 0. The summed E-state index contributed by atoms with van der Waals surface area (Å²) in [6, 6.07) is 0.931. The molecule has 1 heterocycles. The first kappa shape index (κ1) is 16.5. The molecule has 0 spiro atoms. The fourth-order valence-electron chi connectivity index (χ4n) is 2.70. The van der Waals surface area contributed by atoms with Gasteiger partial charge in [-0.25, -0.2) is 0 Å². The van der Waals surface area contributed by atoms with Crippen molar-refractivity contribution in [3.8, 4) is 0 Å². The van der Waals surface area contributed by atoms with Crippen LogP contribution >= 0.6 is 0 Å². The Labute approximate surface area is 119 Å². The first-order valence-electron chi connectivity index (χ1n) is 7.83. The summed E-state index contributed by atoms with van der Waals surface area (Å²) in [5.74, 6) is 0.908. The molecule has 1 rings (SSSR count). The number of hydrogen-bond acceptors (Lipinski definition) is 3. The van der Waals surface area contributed by atoms with Crippen molar-refractivity contribution in [3.63, 3.8) is 0 Å². The molecule has 0 aromatic heterocycles. The Morgan fingerprint density at radius 3 is 2.74 bits per heavy atom. The lowest BCUT2D eigenvalue weighted by atomic mass is 10.1. The third-order valence-electron chi connectivity index (χ3n) is 3.69. The fraction of sp³-hybridized carbons (Fsp3) is 0.875. The molecular weight excluding hydrogens is 236 g/mol. The molecule has 0 bridgehead atoms. The van der Waals surface area contributed by atoms with E-state index in [1.54, 1.807) is 0 Å². The minimum atomic E-state index is 0.227. The molecule has 1 N–H and O–H groups in total. The van der Waals surface area contributed by atoms with Gasteiger partial charge in [-0.3, -0.25) is 0 Å². The molecule has 0 aromatic rings. The van der Waals surface area contributed by atoms with Crippen LogP contribution in [0.5, 0.6) is 0 Å². The molecule has 0 saturated carbocycles. The molecule has 19 heavy (non-hydrogen) atoms. The number of likely N-dealkylation sites (N-methyl/N-ethyl adjacent to an activating group) is 1. The molecule has 1 fully saturated rings. The van der Waals surface area contributed by atoms with Crippen LogP contribution in [0.15, 0.2) is 12.3 Å². The molecule has 2 atom stereocenters. The molecule has 1 saturated heterocycles. The van der Waals surface area contributed by atoms with Crippen molar-refractivity contribution in [1.82, 2.24) is 10.2 Å². The second kappa shape index (κ2) is 8.60. The average molecular weight is 268 g/mol. The largest absolute Gasteiger partial charge is 0.494 e. The highest BCUT2D eigenvalue weighted by atomic mass is 16.5. The van der Waals surface area contributed by atoms with Crippen molar-refractivity contribution in [2.45, 2.75) is 71.1 Å². The van der Waals surface area contributed by atoms with E-state index in [4.69, 9.17) is 4.74 Å². The standard InChI is InChI=1S/C16H32N2O/c1-6-7-8-11-18(5)12-15-9-10-16(17-15)14(4)19-13(2)3/h13,15-17H,4,6-12H2,1-3,5H3. The van der Waals surface area contributed by atoms with Crippen molar-refractivity contribution in [1.29, 1.82) is 0 Å². The van der Waals surface area contributed by atoms with E-state index in [2.05, 4.69) is 44.6 Å². The van der Waals surface area contributed by atoms with Gasteiger partial charge in [0.15, 0.2) is 0 Å². The van der Waals surface area contributed by atoms with Crippen LogP contribution in [0.2, 0.25) is 0 Å². The number of ether oxygens (including phenoxy) is 1. The van der Waals surface area contributed by atoms with Crippen LogP contribution in [0.3, 0.4) is 0 Å². The van der Waals surface area contributed by atoms with Crippen molar-refractivity contribution < 1.29 is 4.74 Å². The first-order valence-corrected chi connectivity index (χ1v) is 7.83. The molecule has 112 valence electrons. The molecular formula is C16H32N2O. The Balaban J connectivity index is 2.22. The molecule has 0 amide bonds. The smallest absolute Gasteiger partial charge is 0.106 e. The van der Waals surface area contributed by atoms with E-state index in [-0.39, 0.29) is 6.10 Å². The zero-order valence-electron chi connectivity index (χ0n) is 13.2. The molecule has 1 aliphatic rings. The Morgan fingerprint density at radius 1 is 1.37 bits per heavy atom. The molecule has 0 aliphatic carbocycles. The van der Waals surface area contributed by atoms with Gasteiger partial charge >= 0.3 is 0 Å². The number of rotatable bonds is 9. The zero-order chi connectivity index (χ0) is 14.3. The Morgan fingerprint density at radius 2 is 2.11 bits per heavy atom. The quantitative estimate of drug-likeness (QED) is 0.513. The monoisotopic (exact) mass is 268 g/mol. The summed E-state index contributed by atoms with van der Waals surface area (Å²) < 4.78 is 5.70. The van der Waals surface area contributed by atoms with Crippen molar-refractivity contribution in [2.24, 2.45) is 0 Å². The third-order valence-corrected chi connectivity index (χ3v) is 3.69. The minimum absolute atomic E-state index is 0.227. The summed E-state index contributed by atoms with van der Waals surface area (Å²) in [6.07, 6.45) is 6.55. The average Bonchev–Trinajstić information content (AvgIpc) is 2.77. The van der Waals surface area contributed by atoms with Crippen LogP contribution in [-0.2, 0) is 4.74 Å². The van der Waals surface area contributed by atoms with E-state index in [9.17, 15) is 0 Å². The second-order valence-electron chi connectivity index (χ2n) is 6.10. The predicted octanol–water partition coefficient (Wildman–Crippen LogP) is 3.17. The Hall–Kier alpha value is -0.540. The molecule has 0 radical (unpaired) electrons. The number of nitrogens with one attached hydrogen (secondary N) is 1. The van der Waals surface area contributed by atoms with Crippen molar-refractivity contribution >= 4 is 0 Å². The number of hydrogen-bond donors (Lipinski definition) is 1. The van der Waals surface area contributed by atoms with E-state index < -0.39 is 0 Å². The summed E-state index contributed by atoms with van der Waals surface area (Å²) >= 11 is 0. The highest BCUT2D eigenvalue weighted by Gasteiger charge is 2.27. The van der Waals surface area contributed by atoms with Gasteiger partial charge in [-0.2, -0.15) is 0 Å². The van der Waals surface area contributed by atoms with E-state index in [0.29, 0.717) is 12.1 Å². The number of nitrogens with zero attached hydrogens (tertiary/aromatic N) is 1. The van der Waals surface area contributed by atoms with E-state index in [0.717, 1.165) is 18.7 Å². The molecule has 3 heteroatoms. The van der Waals surface area contributed by atoms with Crippen LogP contribution < -0.4 is 5.32 Å². The summed E-state index contributed by atoms with van der Waals surface area (Å²) in [5, 5.41) is 3.65. The topological polar surface area (TPSA) is 24.5 Å². The lowest BCUT2D eigenvalue weighted by Crippen LogP contribution is -2.39. The highest BCUT2D eigenvalue weighted by molar-refractivity contribution is 5.03. The Bertz CT molecular complexity index is 265. The van der Waals surface area contributed by atoms with Gasteiger partial charge in [0.1, 0.15) is 5.76 Å². The summed E-state index contributed by atoms with van der Waals surface area (Å²) in [4.78, 5) is 2.45. The normalized spacial score (nSPS) is 23.3. The van der Waals surface area contributed by atoms with E-state index in [1.807, 2.05) is 0 Å². The zero-order valence-corrected chi connectivity index (χ0v) is 13.2. The van der Waals surface area contributed by atoms with Gasteiger partial charge in [-0.15, -0.1) is 0 Å². The fourth-order valence-corrected chi connectivity index (χ4v) is 2.70. The van der Waals surface area contributed by atoms with Crippen LogP contribution in [-0.4, -0.2) is 43.2 Å². The maximum atomic E-state index is 5.70. The maximum Gasteiger partial charge on any atom is 0.106 e. The van der Waals surface area contributed by atoms with Gasteiger partial charge in [-0.1, -0.05) is 26.3 Å². The third kappa shape index (κ3) is 6.44. The summed E-state index contributed by atoms with van der Waals surface area (Å²) in [7, 11) is 2.23. The minimum Gasteiger partial charge on any atom is -0.494 e. The highest BCUT2D eigenvalue weighted by Crippen LogP contribution is 2.20. The molecule has 2 unspecified atom stereocenters. The van der Waals surface area contributed by atoms with Gasteiger partial charge in [0, 0.05) is 12.6 Å². The van der Waals surface area contributed by atoms with E-state index in [1.165, 1.54) is 32.2 Å². The number of unbranched alkanes of at least 4 members (excludes halogenated alkanes) is 2. The van der Waals surface area contributed by atoms with Crippen LogP contribution in [0.4, 0.5) is 0 Å². The SMILES string of the molecule is C=C(OC(C)C)C1CCC(CN(C)CCCCC)N1. The molecule has 0 aromatic carbocycles. The van der Waals surface area contributed by atoms with Crippen LogP contribution in [0, 0.1) is 0 Å². The maximum absolute atomic E-state index is 5.70. The van der Waals surface area contributed by atoms with Gasteiger partial charge in [-0.05, 0) is 46.7 Å². The lowest BCUT2D eigenvalue weighted by Gasteiger charge is -2.23.